The van der Waals surface area contributed by atoms with Crippen molar-refractivity contribution in [2.75, 3.05) is 11.9 Å². The van der Waals surface area contributed by atoms with Crippen molar-refractivity contribution in [2.45, 2.75) is 19.4 Å². The molecule has 106 valence electrons. The predicted octanol–water partition coefficient (Wildman–Crippen LogP) is 3.57. The minimum absolute atomic E-state index is 0.174. The minimum atomic E-state index is -0.360. The Kier molecular flexibility index (Phi) is 5.26. The highest BCUT2D eigenvalue weighted by Crippen LogP contribution is 2.21. The zero-order valence-corrected chi connectivity index (χ0v) is 12.0. The molecule has 1 unspecified atom stereocenters. The molecule has 0 spiro atoms. The third kappa shape index (κ3) is 4.15. The van der Waals surface area contributed by atoms with E-state index in [0.29, 0.717) is 5.69 Å². The molecular formula is C15H17FN2OS. The molecule has 1 aromatic heterocycles. The van der Waals surface area contributed by atoms with Gasteiger partial charge >= 0.3 is 0 Å². The van der Waals surface area contributed by atoms with Gasteiger partial charge in [-0.25, -0.2) is 4.39 Å². The van der Waals surface area contributed by atoms with Crippen molar-refractivity contribution in [1.82, 2.24) is 5.32 Å². The summed E-state index contributed by atoms with van der Waals surface area (Å²) in [5.41, 5.74) is 0.473. The highest BCUT2D eigenvalue weighted by Gasteiger charge is 2.11. The van der Waals surface area contributed by atoms with Crippen molar-refractivity contribution < 1.29 is 9.18 Å². The molecule has 20 heavy (non-hydrogen) atoms. The number of benzene rings is 1. The lowest BCUT2D eigenvalue weighted by Gasteiger charge is -2.15. The van der Waals surface area contributed by atoms with Crippen LogP contribution in [0, 0.1) is 5.82 Å². The van der Waals surface area contributed by atoms with Crippen molar-refractivity contribution >= 4 is 22.9 Å². The van der Waals surface area contributed by atoms with Crippen molar-refractivity contribution in [3.05, 3.63) is 52.5 Å². The molecule has 0 bridgehead atoms. The van der Waals surface area contributed by atoms with Gasteiger partial charge in [0.2, 0.25) is 5.91 Å². The Morgan fingerprint density at radius 1 is 1.35 bits per heavy atom. The number of rotatable bonds is 6. The zero-order chi connectivity index (χ0) is 14.4. The number of anilines is 1. The number of hydrogen-bond acceptors (Lipinski definition) is 3. The standard InChI is InChI=1S/C15H17FN2OS/c1-2-13(14-7-4-8-20-14)17-10-15(19)18-12-6-3-5-11(16)9-12/h3-9,13,17H,2,10H2,1H3,(H,18,19). The smallest absolute Gasteiger partial charge is 0.238 e. The third-order valence-corrected chi connectivity index (χ3v) is 3.90. The second kappa shape index (κ2) is 7.17. The molecule has 0 aliphatic carbocycles. The minimum Gasteiger partial charge on any atom is -0.325 e. The molecule has 0 saturated heterocycles. The van der Waals surface area contributed by atoms with Crippen molar-refractivity contribution in [3.8, 4) is 0 Å². The van der Waals surface area contributed by atoms with Crippen LogP contribution in [0.3, 0.4) is 0 Å². The van der Waals surface area contributed by atoms with E-state index in [1.807, 2.05) is 11.4 Å². The fourth-order valence-corrected chi connectivity index (χ4v) is 2.81. The molecule has 1 amide bonds. The monoisotopic (exact) mass is 292 g/mol. The quantitative estimate of drug-likeness (QED) is 0.854. The summed E-state index contributed by atoms with van der Waals surface area (Å²) in [6.07, 6.45) is 0.910. The van der Waals surface area contributed by atoms with E-state index in [1.165, 1.54) is 17.0 Å². The predicted molar refractivity (Wildman–Crippen MR) is 80.4 cm³/mol. The van der Waals surface area contributed by atoms with E-state index in [4.69, 9.17) is 0 Å². The van der Waals surface area contributed by atoms with Crippen LogP contribution in [0.4, 0.5) is 10.1 Å². The fourth-order valence-electron chi connectivity index (χ4n) is 1.92. The summed E-state index contributed by atoms with van der Waals surface area (Å²) in [5.74, 6) is -0.536. The van der Waals surface area contributed by atoms with Crippen LogP contribution < -0.4 is 10.6 Å². The number of halogens is 1. The second-order valence-corrected chi connectivity index (χ2v) is 5.39. The molecule has 0 aliphatic rings. The highest BCUT2D eigenvalue weighted by molar-refractivity contribution is 7.10. The van der Waals surface area contributed by atoms with Crippen LogP contribution in [0.15, 0.2) is 41.8 Å². The Bertz CT molecular complexity index is 557. The van der Waals surface area contributed by atoms with Gasteiger partial charge in [-0.1, -0.05) is 19.1 Å². The average Bonchev–Trinajstić information content (AvgIpc) is 2.93. The maximum atomic E-state index is 13.0. The Balaban J connectivity index is 1.85. The van der Waals surface area contributed by atoms with Gasteiger partial charge in [-0.2, -0.15) is 0 Å². The normalized spacial score (nSPS) is 12.1. The van der Waals surface area contributed by atoms with Crippen molar-refractivity contribution in [1.29, 1.82) is 0 Å². The zero-order valence-electron chi connectivity index (χ0n) is 11.2. The van der Waals surface area contributed by atoms with E-state index >= 15 is 0 Å². The van der Waals surface area contributed by atoms with E-state index in [2.05, 4.69) is 23.6 Å². The maximum Gasteiger partial charge on any atom is 0.238 e. The maximum absolute atomic E-state index is 13.0. The first-order valence-electron chi connectivity index (χ1n) is 6.51. The van der Waals surface area contributed by atoms with E-state index in [9.17, 15) is 9.18 Å². The molecule has 0 fully saturated rings. The Hall–Kier alpha value is -1.72. The summed E-state index contributed by atoms with van der Waals surface area (Å²) >= 11 is 1.67. The Morgan fingerprint density at radius 2 is 2.20 bits per heavy atom. The SMILES string of the molecule is CCC(NCC(=O)Nc1cccc(F)c1)c1cccs1. The van der Waals surface area contributed by atoms with Gasteiger partial charge in [-0.15, -0.1) is 11.3 Å². The van der Waals surface area contributed by atoms with Crippen LogP contribution in [-0.2, 0) is 4.79 Å². The van der Waals surface area contributed by atoms with E-state index < -0.39 is 0 Å². The first kappa shape index (κ1) is 14.7. The van der Waals surface area contributed by atoms with Gasteiger partial charge < -0.3 is 10.6 Å². The first-order chi connectivity index (χ1) is 9.69. The summed E-state index contributed by atoms with van der Waals surface area (Å²) in [4.78, 5) is 13.0. The molecule has 1 atom stereocenters. The summed E-state index contributed by atoms with van der Waals surface area (Å²) in [6, 6.07) is 10.1. The lowest BCUT2D eigenvalue weighted by atomic mass is 10.2. The van der Waals surface area contributed by atoms with Crippen molar-refractivity contribution in [2.24, 2.45) is 0 Å². The van der Waals surface area contributed by atoms with Gasteiger partial charge in [0.1, 0.15) is 5.82 Å². The second-order valence-electron chi connectivity index (χ2n) is 4.42. The number of nitrogens with one attached hydrogen (secondary N) is 2. The van der Waals surface area contributed by atoms with Gasteiger partial charge in [0.05, 0.1) is 6.54 Å². The number of carbonyl (C=O) groups excluding carboxylic acids is 1. The number of thiophene rings is 1. The van der Waals surface area contributed by atoms with Crippen LogP contribution in [0.25, 0.3) is 0 Å². The van der Waals surface area contributed by atoms with Gasteiger partial charge in [0, 0.05) is 16.6 Å². The molecule has 0 radical (unpaired) electrons. The van der Waals surface area contributed by atoms with Gasteiger partial charge in [-0.05, 0) is 36.1 Å². The largest absolute Gasteiger partial charge is 0.325 e. The van der Waals surface area contributed by atoms with Crippen LogP contribution >= 0.6 is 11.3 Å². The van der Waals surface area contributed by atoms with Crippen LogP contribution in [0.1, 0.15) is 24.3 Å². The summed E-state index contributed by atoms with van der Waals surface area (Å²) < 4.78 is 13.0. The topological polar surface area (TPSA) is 41.1 Å². The summed E-state index contributed by atoms with van der Waals surface area (Å²) in [7, 11) is 0. The molecule has 2 rings (SSSR count). The Morgan fingerprint density at radius 3 is 2.85 bits per heavy atom. The van der Waals surface area contributed by atoms with Crippen LogP contribution in [0.2, 0.25) is 0 Å². The van der Waals surface area contributed by atoms with E-state index in [1.54, 1.807) is 23.5 Å². The van der Waals surface area contributed by atoms with E-state index in [-0.39, 0.29) is 24.3 Å². The summed E-state index contributed by atoms with van der Waals surface area (Å²) in [6.45, 7) is 2.27. The lowest BCUT2D eigenvalue weighted by Crippen LogP contribution is -2.30. The number of amides is 1. The Labute approximate surface area is 121 Å². The molecule has 0 saturated carbocycles. The van der Waals surface area contributed by atoms with Crippen LogP contribution in [0.5, 0.6) is 0 Å². The molecule has 3 nitrogen and oxygen atoms in total. The highest BCUT2D eigenvalue weighted by atomic mass is 32.1. The first-order valence-corrected chi connectivity index (χ1v) is 7.39. The van der Waals surface area contributed by atoms with Gasteiger partial charge in [0.25, 0.3) is 0 Å². The molecule has 5 heteroatoms. The van der Waals surface area contributed by atoms with Gasteiger partial charge in [0.15, 0.2) is 0 Å². The summed E-state index contributed by atoms with van der Waals surface area (Å²) in [5, 5.41) is 7.90. The molecule has 0 aliphatic heterocycles. The third-order valence-electron chi connectivity index (χ3n) is 2.91. The number of hydrogen-bond donors (Lipinski definition) is 2. The molecule has 2 N–H and O–H groups in total. The van der Waals surface area contributed by atoms with E-state index in [0.717, 1.165) is 6.42 Å². The lowest BCUT2D eigenvalue weighted by molar-refractivity contribution is -0.115. The van der Waals surface area contributed by atoms with Gasteiger partial charge in [-0.3, -0.25) is 4.79 Å². The molecule has 1 heterocycles. The van der Waals surface area contributed by atoms with Crippen LogP contribution in [-0.4, -0.2) is 12.5 Å². The molecular weight excluding hydrogens is 275 g/mol. The molecule has 1 aromatic carbocycles. The fraction of sp³-hybridized carbons (Fsp3) is 0.267. The average molecular weight is 292 g/mol. The van der Waals surface area contributed by atoms with Crippen molar-refractivity contribution in [3.63, 3.8) is 0 Å². The molecule has 2 aromatic rings. The number of carbonyl (C=O) groups is 1.